The summed E-state index contributed by atoms with van der Waals surface area (Å²) in [5, 5.41) is 0. The molecule has 6 N–H and O–H groups in total. The number of hydrogen-bond donors (Lipinski definition) is 3. The van der Waals surface area contributed by atoms with Crippen LogP contribution in [-0.4, -0.2) is 28.3 Å². The summed E-state index contributed by atoms with van der Waals surface area (Å²) in [6, 6.07) is 16.2. The third-order valence-corrected chi connectivity index (χ3v) is 5.71. The molecule has 1 atom stereocenters. The fourth-order valence-electron chi connectivity index (χ4n) is 4.10. The van der Waals surface area contributed by atoms with E-state index in [9.17, 15) is 9.59 Å². The number of para-hydroxylation sites is 1. The van der Waals surface area contributed by atoms with E-state index < -0.39 is 0 Å². The van der Waals surface area contributed by atoms with Crippen molar-refractivity contribution in [3.63, 3.8) is 0 Å². The summed E-state index contributed by atoms with van der Waals surface area (Å²) in [7, 11) is 0. The Morgan fingerprint density at radius 2 is 1.74 bits per heavy atom. The van der Waals surface area contributed by atoms with E-state index in [0.717, 1.165) is 30.5 Å². The van der Waals surface area contributed by atoms with Crippen LogP contribution in [0.15, 0.2) is 64.2 Å². The number of hydrogen-bond acceptors (Lipinski definition) is 6. The zero-order valence-corrected chi connectivity index (χ0v) is 17.4. The predicted octanol–water partition coefficient (Wildman–Crippen LogP) is 1.20. The minimum Gasteiger partial charge on any atom is -0.399 e. The largest absolute Gasteiger partial charge is 0.399 e. The van der Waals surface area contributed by atoms with E-state index in [1.807, 2.05) is 35.2 Å². The quantitative estimate of drug-likeness (QED) is 0.533. The molecule has 1 saturated heterocycles. The Bertz CT molecular complexity index is 1200. The number of anilines is 3. The molecule has 1 aliphatic rings. The Balaban J connectivity index is 1.82. The van der Waals surface area contributed by atoms with Gasteiger partial charge in [-0.25, -0.2) is 4.79 Å². The molecule has 1 aliphatic heterocycles. The van der Waals surface area contributed by atoms with Gasteiger partial charge in [-0.05, 0) is 42.2 Å². The molecular formula is C23H28N6O2. The first-order chi connectivity index (χ1) is 14.9. The fraction of sp³-hybridized carbons (Fsp3) is 0.304. The molecule has 8 heteroatoms. The van der Waals surface area contributed by atoms with Crippen LogP contribution in [0.1, 0.15) is 24.0 Å². The number of benzene rings is 2. The summed E-state index contributed by atoms with van der Waals surface area (Å²) in [4.78, 5) is 28.5. The van der Waals surface area contributed by atoms with Crippen LogP contribution in [0.3, 0.4) is 0 Å². The van der Waals surface area contributed by atoms with Crippen LogP contribution in [0.2, 0.25) is 0 Å². The lowest BCUT2D eigenvalue weighted by molar-refractivity contribution is 0.490. The number of nitrogens with two attached hydrogens (primary N) is 3. The zero-order chi connectivity index (χ0) is 22.0. The lowest BCUT2D eigenvalue weighted by Gasteiger charge is -2.34. The maximum atomic E-state index is 13.5. The SMILES string of the molecule is Nc1cccc(Cn2c(=O)cc(N3CCC[C@@H](N)C3)n(Cc3ccccc3N)c2=O)c1. The van der Waals surface area contributed by atoms with E-state index in [0.29, 0.717) is 23.7 Å². The van der Waals surface area contributed by atoms with E-state index in [1.54, 1.807) is 22.8 Å². The molecule has 1 aromatic heterocycles. The van der Waals surface area contributed by atoms with E-state index in [1.165, 1.54) is 10.6 Å². The first-order valence-corrected chi connectivity index (χ1v) is 10.5. The highest BCUT2D eigenvalue weighted by molar-refractivity contribution is 5.48. The summed E-state index contributed by atoms with van der Waals surface area (Å²) in [5.74, 6) is 0.581. The smallest absolute Gasteiger partial charge is 0.333 e. The summed E-state index contributed by atoms with van der Waals surface area (Å²) >= 11 is 0. The minimum absolute atomic E-state index is 0.00817. The Hall–Kier alpha value is -3.52. The molecule has 1 fully saturated rings. The second-order valence-electron chi connectivity index (χ2n) is 8.09. The average molecular weight is 421 g/mol. The molecule has 2 aromatic carbocycles. The fourth-order valence-corrected chi connectivity index (χ4v) is 4.10. The van der Waals surface area contributed by atoms with Gasteiger partial charge in [-0.1, -0.05) is 30.3 Å². The van der Waals surface area contributed by atoms with Gasteiger partial charge in [-0.2, -0.15) is 0 Å². The third-order valence-electron chi connectivity index (χ3n) is 5.71. The van der Waals surface area contributed by atoms with Crippen molar-refractivity contribution in [2.75, 3.05) is 29.5 Å². The van der Waals surface area contributed by atoms with Crippen molar-refractivity contribution < 1.29 is 0 Å². The van der Waals surface area contributed by atoms with Crippen molar-refractivity contribution in [3.05, 3.63) is 86.6 Å². The molecular weight excluding hydrogens is 392 g/mol. The predicted molar refractivity (Wildman–Crippen MR) is 124 cm³/mol. The lowest BCUT2D eigenvalue weighted by Crippen LogP contribution is -2.48. The molecule has 31 heavy (non-hydrogen) atoms. The average Bonchev–Trinajstić information content (AvgIpc) is 2.74. The van der Waals surface area contributed by atoms with Gasteiger partial charge in [-0.3, -0.25) is 13.9 Å². The lowest BCUT2D eigenvalue weighted by atomic mass is 10.1. The van der Waals surface area contributed by atoms with Crippen molar-refractivity contribution in [1.82, 2.24) is 9.13 Å². The van der Waals surface area contributed by atoms with Crippen molar-refractivity contribution in [2.45, 2.75) is 32.0 Å². The molecule has 0 spiro atoms. The summed E-state index contributed by atoms with van der Waals surface area (Å²) in [6.07, 6.45) is 1.84. The highest BCUT2D eigenvalue weighted by Gasteiger charge is 2.22. The summed E-state index contributed by atoms with van der Waals surface area (Å²) in [5.41, 5.74) is 20.2. The van der Waals surface area contributed by atoms with Gasteiger partial charge in [0.05, 0.1) is 13.1 Å². The van der Waals surface area contributed by atoms with Crippen LogP contribution in [0.25, 0.3) is 0 Å². The van der Waals surface area contributed by atoms with E-state index >= 15 is 0 Å². The molecule has 162 valence electrons. The molecule has 4 rings (SSSR count). The standard InChI is InChI=1S/C23H28N6O2/c24-18-7-3-5-16(11-18)13-29-22(30)12-21(27-10-4-8-19(25)15-27)28(23(29)31)14-17-6-1-2-9-20(17)26/h1-3,5-7,9,11-12,19H,4,8,10,13-15,24-26H2/t19-/m1/s1. The van der Waals surface area contributed by atoms with E-state index in [4.69, 9.17) is 17.2 Å². The number of piperidine rings is 1. The molecule has 0 amide bonds. The van der Waals surface area contributed by atoms with Gasteiger partial charge < -0.3 is 22.1 Å². The normalized spacial score (nSPS) is 16.4. The molecule has 3 aromatic rings. The van der Waals surface area contributed by atoms with Crippen molar-refractivity contribution in [2.24, 2.45) is 5.73 Å². The van der Waals surface area contributed by atoms with Crippen molar-refractivity contribution in [3.8, 4) is 0 Å². The van der Waals surface area contributed by atoms with Gasteiger partial charge in [-0.15, -0.1) is 0 Å². The van der Waals surface area contributed by atoms with E-state index in [2.05, 4.69) is 0 Å². The van der Waals surface area contributed by atoms with Crippen LogP contribution >= 0.6 is 0 Å². The van der Waals surface area contributed by atoms with E-state index in [-0.39, 0.29) is 30.4 Å². The van der Waals surface area contributed by atoms with Gasteiger partial charge in [0.2, 0.25) is 0 Å². The summed E-state index contributed by atoms with van der Waals surface area (Å²) in [6.45, 7) is 1.76. The van der Waals surface area contributed by atoms with Crippen LogP contribution < -0.4 is 33.3 Å². The van der Waals surface area contributed by atoms with Crippen molar-refractivity contribution in [1.29, 1.82) is 0 Å². The summed E-state index contributed by atoms with van der Waals surface area (Å²) < 4.78 is 2.86. The molecule has 0 radical (unpaired) electrons. The van der Waals surface area contributed by atoms with Gasteiger partial charge in [0.1, 0.15) is 5.82 Å². The molecule has 0 unspecified atom stereocenters. The van der Waals surface area contributed by atoms with Crippen LogP contribution in [-0.2, 0) is 13.1 Å². The van der Waals surface area contributed by atoms with Crippen LogP contribution in [0, 0.1) is 0 Å². The first kappa shape index (κ1) is 20.7. The Morgan fingerprint density at radius 1 is 0.935 bits per heavy atom. The van der Waals surface area contributed by atoms with Gasteiger partial charge in [0.25, 0.3) is 5.56 Å². The maximum absolute atomic E-state index is 13.5. The van der Waals surface area contributed by atoms with Gasteiger partial charge >= 0.3 is 5.69 Å². The molecule has 0 saturated carbocycles. The van der Waals surface area contributed by atoms with Crippen molar-refractivity contribution >= 4 is 17.2 Å². The highest BCUT2D eigenvalue weighted by Crippen LogP contribution is 2.20. The second kappa shape index (κ2) is 8.69. The van der Waals surface area contributed by atoms with Crippen LogP contribution in [0.4, 0.5) is 17.2 Å². The first-order valence-electron chi connectivity index (χ1n) is 10.5. The third kappa shape index (κ3) is 4.49. The molecule has 2 heterocycles. The highest BCUT2D eigenvalue weighted by atomic mass is 16.2. The van der Waals surface area contributed by atoms with Crippen LogP contribution in [0.5, 0.6) is 0 Å². The monoisotopic (exact) mass is 420 g/mol. The number of nitrogen functional groups attached to an aromatic ring is 2. The Kier molecular flexibility index (Phi) is 5.81. The van der Waals surface area contributed by atoms with Gasteiger partial charge in [0, 0.05) is 36.6 Å². The number of aromatic nitrogens is 2. The minimum atomic E-state index is -0.382. The second-order valence-corrected chi connectivity index (χ2v) is 8.09. The maximum Gasteiger partial charge on any atom is 0.333 e. The van der Waals surface area contributed by atoms with Gasteiger partial charge in [0.15, 0.2) is 0 Å². The topological polar surface area (TPSA) is 125 Å². The molecule has 0 aliphatic carbocycles. The number of rotatable bonds is 5. The zero-order valence-electron chi connectivity index (χ0n) is 17.4. The number of nitrogens with zero attached hydrogens (tertiary/aromatic N) is 3. The Labute approximate surface area is 180 Å². The Morgan fingerprint density at radius 3 is 2.48 bits per heavy atom. The molecule has 0 bridgehead atoms. The molecule has 8 nitrogen and oxygen atoms in total.